The Labute approximate surface area is 144 Å². The first-order valence-corrected chi connectivity index (χ1v) is 9.93. The molecule has 1 aromatic carbocycles. The SMILES string of the molecule is CCNCC1CCN(S(=O)(=O)Cc2cccc(C(=O)OC)c2)CC1. The fourth-order valence-corrected chi connectivity index (χ4v) is 4.50. The molecular formula is C17H26N2O4S. The molecule has 2 rings (SSSR count). The lowest BCUT2D eigenvalue weighted by molar-refractivity contribution is 0.0600. The standard InChI is InChI=1S/C17H26N2O4S/c1-3-18-12-14-7-9-19(10-8-14)24(21,22)13-15-5-4-6-16(11-15)17(20)23-2/h4-6,11,14,18H,3,7-10,12-13H2,1-2H3. The van der Waals surface area contributed by atoms with Crippen molar-refractivity contribution in [2.45, 2.75) is 25.5 Å². The van der Waals surface area contributed by atoms with Gasteiger partial charge in [-0.2, -0.15) is 0 Å². The Kier molecular flexibility index (Phi) is 6.77. The highest BCUT2D eigenvalue weighted by Crippen LogP contribution is 2.21. The van der Waals surface area contributed by atoms with Crippen molar-refractivity contribution in [2.24, 2.45) is 5.92 Å². The minimum atomic E-state index is -3.37. The summed E-state index contributed by atoms with van der Waals surface area (Å²) in [5.41, 5.74) is 0.974. The van der Waals surface area contributed by atoms with Crippen LogP contribution in [0.1, 0.15) is 35.7 Å². The molecule has 0 spiro atoms. The third-order valence-electron chi connectivity index (χ3n) is 4.35. The summed E-state index contributed by atoms with van der Waals surface area (Å²) >= 11 is 0. The summed E-state index contributed by atoms with van der Waals surface area (Å²) in [6.45, 7) is 5.09. The predicted octanol–water partition coefficient (Wildman–Crippen LogP) is 1.62. The van der Waals surface area contributed by atoms with Crippen molar-refractivity contribution in [1.29, 1.82) is 0 Å². The summed E-state index contributed by atoms with van der Waals surface area (Å²) in [5.74, 6) is -0.00653. The first kappa shape index (κ1) is 18.9. The van der Waals surface area contributed by atoms with Gasteiger partial charge >= 0.3 is 5.97 Å². The van der Waals surface area contributed by atoms with E-state index in [2.05, 4.69) is 17.0 Å². The smallest absolute Gasteiger partial charge is 0.337 e. The summed E-state index contributed by atoms with van der Waals surface area (Å²) in [7, 11) is -2.06. The van der Waals surface area contributed by atoms with Crippen LogP contribution >= 0.6 is 0 Å². The molecule has 1 heterocycles. The first-order valence-electron chi connectivity index (χ1n) is 8.32. The van der Waals surface area contributed by atoms with E-state index < -0.39 is 16.0 Å². The average Bonchev–Trinajstić information content (AvgIpc) is 2.59. The second-order valence-corrected chi connectivity index (χ2v) is 8.07. The highest BCUT2D eigenvalue weighted by molar-refractivity contribution is 7.88. The van der Waals surface area contributed by atoms with Gasteiger partial charge in [0.2, 0.25) is 10.0 Å². The molecule has 0 unspecified atom stereocenters. The predicted molar refractivity (Wildman–Crippen MR) is 93.2 cm³/mol. The number of nitrogens with zero attached hydrogens (tertiary/aromatic N) is 1. The van der Waals surface area contributed by atoms with Crippen molar-refractivity contribution in [3.8, 4) is 0 Å². The number of benzene rings is 1. The molecule has 1 aliphatic heterocycles. The molecule has 0 bridgehead atoms. The third-order valence-corrected chi connectivity index (χ3v) is 6.20. The molecule has 0 radical (unpaired) electrons. The molecule has 1 fully saturated rings. The van der Waals surface area contributed by atoms with Crippen LogP contribution in [0.2, 0.25) is 0 Å². The summed E-state index contributed by atoms with van der Waals surface area (Å²) in [5, 5.41) is 3.32. The lowest BCUT2D eigenvalue weighted by Crippen LogP contribution is -2.41. The van der Waals surface area contributed by atoms with Gasteiger partial charge in [-0.05, 0) is 49.5 Å². The second-order valence-electron chi connectivity index (χ2n) is 6.10. The Balaban J connectivity index is 1.98. The van der Waals surface area contributed by atoms with Crippen LogP contribution in [0.5, 0.6) is 0 Å². The quantitative estimate of drug-likeness (QED) is 0.753. The van der Waals surface area contributed by atoms with E-state index in [1.165, 1.54) is 7.11 Å². The maximum atomic E-state index is 12.6. The van der Waals surface area contributed by atoms with Gasteiger partial charge in [0.15, 0.2) is 0 Å². The monoisotopic (exact) mass is 354 g/mol. The van der Waals surface area contributed by atoms with Gasteiger partial charge in [0.25, 0.3) is 0 Å². The van der Waals surface area contributed by atoms with Crippen molar-refractivity contribution in [3.63, 3.8) is 0 Å². The largest absolute Gasteiger partial charge is 0.465 e. The number of sulfonamides is 1. The van der Waals surface area contributed by atoms with Crippen LogP contribution in [0.3, 0.4) is 0 Å². The highest BCUT2D eigenvalue weighted by atomic mass is 32.2. The number of carbonyl (C=O) groups excluding carboxylic acids is 1. The topological polar surface area (TPSA) is 75.7 Å². The van der Waals surface area contributed by atoms with Gasteiger partial charge in [0.1, 0.15) is 0 Å². The number of carbonyl (C=O) groups is 1. The van der Waals surface area contributed by atoms with E-state index in [0.29, 0.717) is 30.1 Å². The number of hydrogen-bond donors (Lipinski definition) is 1. The zero-order valence-electron chi connectivity index (χ0n) is 14.3. The zero-order chi connectivity index (χ0) is 17.6. The summed E-state index contributed by atoms with van der Waals surface area (Å²) < 4.78 is 31.5. The molecule has 0 aromatic heterocycles. The zero-order valence-corrected chi connectivity index (χ0v) is 15.1. The van der Waals surface area contributed by atoms with Gasteiger partial charge < -0.3 is 10.1 Å². The number of nitrogens with one attached hydrogen (secondary N) is 1. The molecule has 7 heteroatoms. The lowest BCUT2D eigenvalue weighted by Gasteiger charge is -2.31. The van der Waals surface area contributed by atoms with Gasteiger partial charge in [-0.3, -0.25) is 0 Å². The lowest BCUT2D eigenvalue weighted by atomic mass is 9.98. The van der Waals surface area contributed by atoms with E-state index >= 15 is 0 Å². The van der Waals surface area contributed by atoms with Gasteiger partial charge in [0, 0.05) is 13.1 Å². The molecule has 134 valence electrons. The maximum absolute atomic E-state index is 12.6. The Bertz CT molecular complexity index is 652. The second kappa shape index (κ2) is 8.60. The van der Waals surface area contributed by atoms with Crippen molar-refractivity contribution in [1.82, 2.24) is 9.62 Å². The Morgan fingerprint density at radius 2 is 2.04 bits per heavy atom. The van der Waals surface area contributed by atoms with E-state index in [1.54, 1.807) is 28.6 Å². The van der Waals surface area contributed by atoms with Crippen LogP contribution in [-0.2, 0) is 20.5 Å². The van der Waals surface area contributed by atoms with E-state index in [4.69, 9.17) is 0 Å². The van der Waals surface area contributed by atoms with Crippen LogP contribution in [0.15, 0.2) is 24.3 Å². The van der Waals surface area contributed by atoms with E-state index in [0.717, 1.165) is 25.9 Å². The molecule has 6 nitrogen and oxygen atoms in total. The number of ether oxygens (including phenoxy) is 1. The normalized spacial score (nSPS) is 16.9. The Hall–Kier alpha value is -1.44. The van der Waals surface area contributed by atoms with Gasteiger partial charge in [-0.15, -0.1) is 0 Å². The molecule has 0 aliphatic carbocycles. The maximum Gasteiger partial charge on any atom is 0.337 e. The van der Waals surface area contributed by atoms with Gasteiger partial charge in [-0.1, -0.05) is 19.1 Å². The average molecular weight is 354 g/mol. The molecule has 1 N–H and O–H groups in total. The Morgan fingerprint density at radius 1 is 1.33 bits per heavy atom. The summed E-state index contributed by atoms with van der Waals surface area (Å²) in [4.78, 5) is 11.6. The third kappa shape index (κ3) is 5.03. The van der Waals surface area contributed by atoms with Crippen molar-refractivity contribution < 1.29 is 17.9 Å². The molecule has 1 aliphatic rings. The summed E-state index contributed by atoms with van der Waals surface area (Å²) in [6.07, 6.45) is 1.77. The molecular weight excluding hydrogens is 328 g/mol. The van der Waals surface area contributed by atoms with Crippen LogP contribution in [-0.4, -0.2) is 52.0 Å². The molecule has 0 atom stereocenters. The number of piperidine rings is 1. The van der Waals surface area contributed by atoms with Gasteiger partial charge in [-0.25, -0.2) is 17.5 Å². The van der Waals surface area contributed by atoms with Crippen molar-refractivity contribution in [3.05, 3.63) is 35.4 Å². The van der Waals surface area contributed by atoms with Gasteiger partial charge in [0.05, 0.1) is 18.4 Å². The summed E-state index contributed by atoms with van der Waals surface area (Å²) in [6, 6.07) is 6.61. The number of rotatable bonds is 7. The molecule has 0 saturated carbocycles. The number of hydrogen-bond acceptors (Lipinski definition) is 5. The first-order chi connectivity index (χ1) is 11.5. The van der Waals surface area contributed by atoms with Crippen LogP contribution in [0, 0.1) is 5.92 Å². The molecule has 1 aromatic rings. The fourth-order valence-electron chi connectivity index (χ4n) is 2.95. The van der Waals surface area contributed by atoms with Crippen molar-refractivity contribution in [2.75, 3.05) is 33.3 Å². The van der Waals surface area contributed by atoms with E-state index in [1.807, 2.05) is 0 Å². The van der Waals surface area contributed by atoms with Crippen LogP contribution in [0.25, 0.3) is 0 Å². The minimum absolute atomic E-state index is 0.0876. The fraction of sp³-hybridized carbons (Fsp3) is 0.588. The number of methoxy groups -OCH3 is 1. The molecule has 24 heavy (non-hydrogen) atoms. The van der Waals surface area contributed by atoms with Crippen LogP contribution in [0.4, 0.5) is 0 Å². The molecule has 0 amide bonds. The van der Waals surface area contributed by atoms with Crippen LogP contribution < -0.4 is 5.32 Å². The minimum Gasteiger partial charge on any atom is -0.465 e. The van der Waals surface area contributed by atoms with Crippen molar-refractivity contribution >= 4 is 16.0 Å². The van der Waals surface area contributed by atoms with E-state index in [9.17, 15) is 13.2 Å². The number of esters is 1. The highest BCUT2D eigenvalue weighted by Gasteiger charge is 2.28. The van der Waals surface area contributed by atoms with E-state index in [-0.39, 0.29) is 5.75 Å². The molecule has 1 saturated heterocycles. The Morgan fingerprint density at radius 3 is 2.67 bits per heavy atom.